The lowest BCUT2D eigenvalue weighted by molar-refractivity contribution is 0.122. The van der Waals surface area contributed by atoms with Gasteiger partial charge >= 0.3 is 0 Å². The molecule has 0 unspecified atom stereocenters. The van der Waals surface area contributed by atoms with Gasteiger partial charge in [-0.05, 0) is 19.9 Å². The quantitative estimate of drug-likeness (QED) is 0.850. The van der Waals surface area contributed by atoms with E-state index in [0.29, 0.717) is 18.0 Å². The Balaban J connectivity index is 1.74. The highest BCUT2D eigenvalue weighted by molar-refractivity contribution is 5.82. The predicted molar refractivity (Wildman–Crippen MR) is 88.3 cm³/mol. The van der Waals surface area contributed by atoms with Crippen LogP contribution in [0, 0.1) is 5.82 Å². The van der Waals surface area contributed by atoms with Gasteiger partial charge in [0.1, 0.15) is 5.65 Å². The summed E-state index contributed by atoms with van der Waals surface area (Å²) in [5.74, 6) is -0.104. The van der Waals surface area contributed by atoms with Crippen LogP contribution in [0.3, 0.4) is 0 Å². The Kier molecular flexibility index (Phi) is 3.73. The maximum atomic E-state index is 15.0. The summed E-state index contributed by atoms with van der Waals surface area (Å²) in [4.78, 5) is 9.10. The fourth-order valence-electron chi connectivity index (χ4n) is 3.56. The van der Waals surface area contributed by atoms with Crippen molar-refractivity contribution in [3.05, 3.63) is 23.8 Å². The zero-order valence-electron chi connectivity index (χ0n) is 13.8. The Morgan fingerprint density at radius 3 is 2.70 bits per heavy atom. The molecule has 2 aromatic heterocycles. The van der Waals surface area contributed by atoms with Gasteiger partial charge in [0.2, 0.25) is 0 Å². The van der Waals surface area contributed by atoms with E-state index in [4.69, 9.17) is 4.74 Å². The van der Waals surface area contributed by atoms with Gasteiger partial charge in [-0.25, -0.2) is 9.37 Å². The maximum absolute atomic E-state index is 15.0. The topological polar surface area (TPSA) is 33.5 Å². The van der Waals surface area contributed by atoms with Crippen LogP contribution in [0.15, 0.2) is 12.3 Å². The van der Waals surface area contributed by atoms with Crippen molar-refractivity contribution < 1.29 is 9.13 Å². The number of anilines is 1. The van der Waals surface area contributed by atoms with Gasteiger partial charge in [0.05, 0.1) is 36.2 Å². The van der Waals surface area contributed by atoms with E-state index in [9.17, 15) is 4.39 Å². The minimum absolute atomic E-state index is 0.104. The number of hydrogen-bond acceptors (Lipinski definition) is 4. The van der Waals surface area contributed by atoms with Crippen LogP contribution in [0.5, 0.6) is 0 Å². The third-order valence-corrected chi connectivity index (χ3v) is 4.99. The standard InChI is InChI=1S/C17H23FN4O/c1-12(2)21-3-4-22-15(11-21)16(18)14-9-13(10-19-17(14)22)20-5-7-23-8-6-20/h9-10,12H,3-8,11H2,1-2H3. The van der Waals surface area contributed by atoms with Crippen molar-refractivity contribution in [2.45, 2.75) is 33.0 Å². The fourth-order valence-corrected chi connectivity index (χ4v) is 3.56. The van der Waals surface area contributed by atoms with Crippen molar-refractivity contribution >= 4 is 16.7 Å². The van der Waals surface area contributed by atoms with E-state index in [-0.39, 0.29) is 5.82 Å². The molecule has 4 heterocycles. The molecule has 5 nitrogen and oxygen atoms in total. The molecule has 0 atom stereocenters. The van der Waals surface area contributed by atoms with Gasteiger partial charge in [-0.3, -0.25) is 4.90 Å². The van der Waals surface area contributed by atoms with Gasteiger partial charge in [0.15, 0.2) is 5.82 Å². The molecule has 2 aliphatic rings. The van der Waals surface area contributed by atoms with E-state index in [1.165, 1.54) is 0 Å². The average Bonchev–Trinajstić information content (AvgIpc) is 2.87. The number of ether oxygens (including phenoxy) is 1. The predicted octanol–water partition coefficient (Wildman–Crippen LogP) is 2.24. The molecule has 0 radical (unpaired) electrons. The summed E-state index contributed by atoms with van der Waals surface area (Å²) < 4.78 is 22.4. The first-order chi connectivity index (χ1) is 11.1. The van der Waals surface area contributed by atoms with E-state index in [1.54, 1.807) is 0 Å². The number of morpholine rings is 1. The van der Waals surface area contributed by atoms with Crippen LogP contribution >= 0.6 is 0 Å². The van der Waals surface area contributed by atoms with Crippen LogP contribution in [0.25, 0.3) is 11.0 Å². The van der Waals surface area contributed by atoms with Crippen molar-refractivity contribution in [3.8, 4) is 0 Å². The van der Waals surface area contributed by atoms with Gasteiger partial charge in [-0.2, -0.15) is 0 Å². The van der Waals surface area contributed by atoms with Crippen LogP contribution in [-0.2, 0) is 17.8 Å². The molecule has 0 aliphatic carbocycles. The number of rotatable bonds is 2. The molecule has 0 saturated carbocycles. The summed E-state index contributed by atoms with van der Waals surface area (Å²) in [5.41, 5.74) is 2.54. The van der Waals surface area contributed by atoms with Gasteiger partial charge in [0, 0.05) is 38.8 Å². The first kappa shape index (κ1) is 14.9. The lowest BCUT2D eigenvalue weighted by atomic mass is 10.2. The second-order valence-electron chi connectivity index (χ2n) is 6.64. The molecule has 0 amide bonds. The Morgan fingerprint density at radius 1 is 1.17 bits per heavy atom. The number of aromatic nitrogens is 2. The number of hydrogen-bond donors (Lipinski definition) is 0. The molecule has 1 fully saturated rings. The number of nitrogens with zero attached hydrogens (tertiary/aromatic N) is 4. The van der Waals surface area contributed by atoms with Crippen molar-refractivity contribution in [1.29, 1.82) is 0 Å². The fraction of sp³-hybridized carbons (Fsp3) is 0.588. The lowest BCUT2D eigenvalue weighted by Gasteiger charge is -2.31. The van der Waals surface area contributed by atoms with Crippen molar-refractivity contribution in [3.63, 3.8) is 0 Å². The Hall–Kier alpha value is -1.66. The van der Waals surface area contributed by atoms with Crippen LogP contribution in [0.1, 0.15) is 19.5 Å². The third-order valence-electron chi connectivity index (χ3n) is 4.99. The molecule has 6 heteroatoms. The monoisotopic (exact) mass is 318 g/mol. The second kappa shape index (κ2) is 5.76. The minimum Gasteiger partial charge on any atom is -0.378 e. The molecule has 0 bridgehead atoms. The second-order valence-corrected chi connectivity index (χ2v) is 6.64. The lowest BCUT2D eigenvalue weighted by Crippen LogP contribution is -2.38. The Labute approximate surface area is 135 Å². The molecule has 1 saturated heterocycles. The van der Waals surface area contributed by atoms with Gasteiger partial charge in [-0.15, -0.1) is 0 Å². The molecule has 23 heavy (non-hydrogen) atoms. The number of halogens is 1. The zero-order chi connectivity index (χ0) is 16.0. The molecular weight excluding hydrogens is 295 g/mol. The van der Waals surface area contributed by atoms with E-state index in [2.05, 4.69) is 28.6 Å². The van der Waals surface area contributed by atoms with E-state index < -0.39 is 0 Å². The molecule has 0 N–H and O–H groups in total. The molecule has 2 aliphatic heterocycles. The van der Waals surface area contributed by atoms with Gasteiger partial charge in [-0.1, -0.05) is 0 Å². The van der Waals surface area contributed by atoms with Crippen LogP contribution < -0.4 is 4.90 Å². The molecule has 4 rings (SSSR count). The smallest absolute Gasteiger partial charge is 0.155 e. The summed E-state index contributed by atoms with van der Waals surface area (Å²) in [5, 5.41) is 0.648. The van der Waals surface area contributed by atoms with E-state index in [1.807, 2.05) is 16.8 Å². The van der Waals surface area contributed by atoms with Gasteiger partial charge in [0.25, 0.3) is 0 Å². The summed E-state index contributed by atoms with van der Waals surface area (Å²) in [7, 11) is 0. The van der Waals surface area contributed by atoms with Crippen LogP contribution in [-0.4, -0.2) is 53.3 Å². The highest BCUT2D eigenvalue weighted by atomic mass is 19.1. The van der Waals surface area contributed by atoms with Gasteiger partial charge < -0.3 is 14.2 Å². The summed E-state index contributed by atoms with van der Waals surface area (Å²) in [6.45, 7) is 9.83. The molecule has 0 spiro atoms. The summed E-state index contributed by atoms with van der Waals surface area (Å²) >= 11 is 0. The van der Waals surface area contributed by atoms with E-state index >= 15 is 0 Å². The first-order valence-corrected chi connectivity index (χ1v) is 8.38. The third kappa shape index (κ3) is 2.50. The largest absolute Gasteiger partial charge is 0.378 e. The highest BCUT2D eigenvalue weighted by Crippen LogP contribution is 2.30. The average molecular weight is 318 g/mol. The molecule has 2 aromatic rings. The first-order valence-electron chi connectivity index (χ1n) is 8.38. The normalized spacial score (nSPS) is 19.6. The minimum atomic E-state index is -0.104. The van der Waals surface area contributed by atoms with Crippen molar-refractivity contribution in [2.75, 3.05) is 37.7 Å². The van der Waals surface area contributed by atoms with Crippen LogP contribution in [0.4, 0.5) is 10.1 Å². The van der Waals surface area contributed by atoms with Crippen molar-refractivity contribution in [2.24, 2.45) is 0 Å². The summed E-state index contributed by atoms with van der Waals surface area (Å²) in [6, 6.07) is 2.38. The van der Waals surface area contributed by atoms with E-state index in [0.717, 1.165) is 56.4 Å². The molecule has 0 aromatic carbocycles. The zero-order valence-corrected chi connectivity index (χ0v) is 13.8. The number of pyridine rings is 1. The summed E-state index contributed by atoms with van der Waals surface area (Å²) in [6.07, 6.45) is 1.87. The maximum Gasteiger partial charge on any atom is 0.155 e. The molecule has 124 valence electrons. The Bertz CT molecular complexity index is 721. The molecular formula is C17H23FN4O. The number of fused-ring (bicyclic) bond motifs is 3. The SMILES string of the molecule is CC(C)N1CCn2c(c(F)c3cc(N4CCOCC4)cnc32)C1. The van der Waals surface area contributed by atoms with Crippen molar-refractivity contribution in [1.82, 2.24) is 14.5 Å². The van der Waals surface area contributed by atoms with Crippen LogP contribution in [0.2, 0.25) is 0 Å². The highest BCUT2D eigenvalue weighted by Gasteiger charge is 2.26. The Morgan fingerprint density at radius 2 is 1.96 bits per heavy atom.